The van der Waals surface area contributed by atoms with Crippen LogP contribution in [0.1, 0.15) is 52.4 Å². The van der Waals surface area contributed by atoms with Gasteiger partial charge >= 0.3 is 0 Å². The molecule has 5 heteroatoms. The number of nitrogens with one attached hydrogen (secondary N) is 1. The van der Waals surface area contributed by atoms with Crippen molar-refractivity contribution >= 4 is 11.8 Å². The smallest absolute Gasteiger partial charge is 0.234 e. The number of rotatable bonds is 4. The molecule has 0 radical (unpaired) electrons. The Morgan fingerprint density at radius 1 is 1.09 bits per heavy atom. The van der Waals surface area contributed by atoms with Crippen molar-refractivity contribution in [2.24, 2.45) is 5.92 Å². The second-order valence-corrected chi connectivity index (χ2v) is 7.16. The minimum Gasteiger partial charge on any atom is -0.352 e. The zero-order chi connectivity index (χ0) is 16.1. The van der Waals surface area contributed by atoms with E-state index in [9.17, 15) is 9.59 Å². The van der Waals surface area contributed by atoms with Crippen molar-refractivity contribution in [1.82, 2.24) is 15.1 Å². The quantitative estimate of drug-likeness (QED) is 0.858. The van der Waals surface area contributed by atoms with Gasteiger partial charge in [0.25, 0.3) is 0 Å². The molecule has 1 heterocycles. The van der Waals surface area contributed by atoms with E-state index in [0.717, 1.165) is 44.7 Å². The molecule has 0 unspecified atom stereocenters. The summed E-state index contributed by atoms with van der Waals surface area (Å²) in [7, 11) is 1.87. The Morgan fingerprint density at radius 3 is 2.23 bits per heavy atom. The predicted octanol–water partition coefficient (Wildman–Crippen LogP) is 1.62. The molecule has 22 heavy (non-hydrogen) atoms. The van der Waals surface area contributed by atoms with Gasteiger partial charge in [0.15, 0.2) is 0 Å². The monoisotopic (exact) mass is 309 g/mol. The Morgan fingerprint density at radius 2 is 1.68 bits per heavy atom. The second-order valence-electron chi connectivity index (χ2n) is 7.16. The van der Waals surface area contributed by atoms with Gasteiger partial charge in [-0.15, -0.1) is 0 Å². The Kier molecular flexibility index (Phi) is 6.24. The van der Waals surface area contributed by atoms with Gasteiger partial charge in [0.2, 0.25) is 11.8 Å². The van der Waals surface area contributed by atoms with Crippen molar-refractivity contribution in [3.63, 3.8) is 0 Å². The van der Waals surface area contributed by atoms with Crippen LogP contribution in [0.5, 0.6) is 0 Å². The molecule has 1 saturated heterocycles. The highest BCUT2D eigenvalue weighted by Gasteiger charge is 2.26. The van der Waals surface area contributed by atoms with Gasteiger partial charge in [-0.2, -0.15) is 0 Å². The van der Waals surface area contributed by atoms with E-state index in [0.29, 0.717) is 18.6 Å². The molecule has 0 aromatic carbocycles. The SMILES string of the molecule is CC(=O)N(C)C1CCN(CC(=O)NC2CCC(C)CC2)CC1. The van der Waals surface area contributed by atoms with Crippen LogP contribution in [0.2, 0.25) is 0 Å². The molecule has 1 N–H and O–H groups in total. The molecule has 1 saturated carbocycles. The highest BCUT2D eigenvalue weighted by molar-refractivity contribution is 5.78. The number of carbonyl (C=O) groups excluding carboxylic acids is 2. The number of amides is 2. The van der Waals surface area contributed by atoms with E-state index in [1.807, 2.05) is 11.9 Å². The molecule has 126 valence electrons. The Hall–Kier alpha value is -1.10. The summed E-state index contributed by atoms with van der Waals surface area (Å²) < 4.78 is 0. The maximum atomic E-state index is 12.2. The van der Waals surface area contributed by atoms with Crippen LogP contribution in [-0.4, -0.2) is 60.4 Å². The molecule has 2 rings (SSSR count). The second kappa shape index (κ2) is 7.95. The van der Waals surface area contributed by atoms with Crippen LogP contribution in [0.15, 0.2) is 0 Å². The molecule has 0 bridgehead atoms. The average molecular weight is 309 g/mol. The van der Waals surface area contributed by atoms with Crippen LogP contribution >= 0.6 is 0 Å². The molecule has 0 atom stereocenters. The van der Waals surface area contributed by atoms with Gasteiger partial charge in [-0.1, -0.05) is 6.92 Å². The summed E-state index contributed by atoms with van der Waals surface area (Å²) in [5.74, 6) is 1.10. The maximum absolute atomic E-state index is 12.2. The van der Waals surface area contributed by atoms with E-state index >= 15 is 0 Å². The molecular weight excluding hydrogens is 278 g/mol. The molecule has 0 spiro atoms. The maximum Gasteiger partial charge on any atom is 0.234 e. The lowest BCUT2D eigenvalue weighted by atomic mass is 9.87. The van der Waals surface area contributed by atoms with E-state index in [4.69, 9.17) is 0 Å². The fourth-order valence-corrected chi connectivity index (χ4v) is 3.60. The summed E-state index contributed by atoms with van der Waals surface area (Å²) in [6.45, 7) is 6.21. The fourth-order valence-electron chi connectivity index (χ4n) is 3.60. The summed E-state index contributed by atoms with van der Waals surface area (Å²) >= 11 is 0. The van der Waals surface area contributed by atoms with E-state index in [1.165, 1.54) is 12.8 Å². The highest BCUT2D eigenvalue weighted by atomic mass is 16.2. The van der Waals surface area contributed by atoms with Crippen molar-refractivity contribution in [2.75, 3.05) is 26.7 Å². The molecule has 2 aliphatic rings. The first-order chi connectivity index (χ1) is 10.5. The highest BCUT2D eigenvalue weighted by Crippen LogP contribution is 2.23. The van der Waals surface area contributed by atoms with Crippen LogP contribution in [0.4, 0.5) is 0 Å². The van der Waals surface area contributed by atoms with E-state index in [2.05, 4.69) is 17.1 Å². The summed E-state index contributed by atoms with van der Waals surface area (Å²) in [5, 5.41) is 3.19. The number of hydrogen-bond acceptors (Lipinski definition) is 3. The zero-order valence-corrected chi connectivity index (χ0v) is 14.3. The number of nitrogens with zero attached hydrogens (tertiary/aromatic N) is 2. The topological polar surface area (TPSA) is 52.7 Å². The molecule has 5 nitrogen and oxygen atoms in total. The van der Waals surface area contributed by atoms with Crippen molar-refractivity contribution in [1.29, 1.82) is 0 Å². The lowest BCUT2D eigenvalue weighted by molar-refractivity contribution is -0.131. The summed E-state index contributed by atoms with van der Waals surface area (Å²) in [6.07, 6.45) is 6.63. The first-order valence-electron chi connectivity index (χ1n) is 8.71. The summed E-state index contributed by atoms with van der Waals surface area (Å²) in [6, 6.07) is 0.710. The van der Waals surface area contributed by atoms with Crippen molar-refractivity contribution in [3.8, 4) is 0 Å². The van der Waals surface area contributed by atoms with Gasteiger partial charge in [-0.3, -0.25) is 14.5 Å². The lowest BCUT2D eigenvalue weighted by Gasteiger charge is -2.36. The van der Waals surface area contributed by atoms with Gasteiger partial charge in [-0.05, 0) is 44.4 Å². The van der Waals surface area contributed by atoms with Gasteiger partial charge in [-0.25, -0.2) is 0 Å². The van der Waals surface area contributed by atoms with Gasteiger partial charge < -0.3 is 10.2 Å². The molecule has 1 aliphatic carbocycles. The van der Waals surface area contributed by atoms with E-state index in [1.54, 1.807) is 6.92 Å². The van der Waals surface area contributed by atoms with Gasteiger partial charge in [0.05, 0.1) is 6.54 Å². The van der Waals surface area contributed by atoms with E-state index in [-0.39, 0.29) is 11.8 Å². The third kappa shape index (κ3) is 4.97. The zero-order valence-electron chi connectivity index (χ0n) is 14.3. The molecular formula is C17H31N3O2. The number of piperidine rings is 1. The van der Waals surface area contributed by atoms with Gasteiger partial charge in [0, 0.05) is 39.1 Å². The van der Waals surface area contributed by atoms with Crippen LogP contribution in [0.3, 0.4) is 0 Å². The number of hydrogen-bond donors (Lipinski definition) is 1. The number of likely N-dealkylation sites (tertiary alicyclic amines) is 1. The molecule has 0 aromatic heterocycles. The molecule has 2 amide bonds. The first kappa shape index (κ1) is 17.3. The minimum atomic E-state index is 0.128. The van der Waals surface area contributed by atoms with E-state index < -0.39 is 0 Å². The molecule has 1 aliphatic heterocycles. The average Bonchev–Trinajstić information content (AvgIpc) is 2.49. The van der Waals surface area contributed by atoms with Crippen molar-refractivity contribution in [3.05, 3.63) is 0 Å². The standard InChI is InChI=1S/C17H31N3O2/c1-13-4-6-15(7-5-13)18-17(22)12-20-10-8-16(9-11-20)19(3)14(2)21/h13,15-16H,4-12H2,1-3H3,(H,18,22). The fraction of sp³-hybridized carbons (Fsp3) is 0.882. The Balaban J connectivity index is 1.67. The first-order valence-corrected chi connectivity index (χ1v) is 8.71. The third-order valence-electron chi connectivity index (χ3n) is 5.35. The van der Waals surface area contributed by atoms with Gasteiger partial charge in [0.1, 0.15) is 0 Å². The van der Waals surface area contributed by atoms with Crippen LogP contribution < -0.4 is 5.32 Å². The summed E-state index contributed by atoms with van der Waals surface area (Å²) in [5.41, 5.74) is 0. The molecule has 0 aromatic rings. The van der Waals surface area contributed by atoms with Crippen LogP contribution in [-0.2, 0) is 9.59 Å². The largest absolute Gasteiger partial charge is 0.352 e. The minimum absolute atomic E-state index is 0.128. The molecule has 2 fully saturated rings. The van der Waals surface area contributed by atoms with Crippen molar-refractivity contribution in [2.45, 2.75) is 64.5 Å². The predicted molar refractivity (Wildman–Crippen MR) is 87.5 cm³/mol. The summed E-state index contributed by atoms with van der Waals surface area (Å²) in [4.78, 5) is 27.6. The lowest BCUT2D eigenvalue weighted by Crippen LogP contribution is -2.49. The van der Waals surface area contributed by atoms with Crippen LogP contribution in [0, 0.1) is 5.92 Å². The third-order valence-corrected chi connectivity index (χ3v) is 5.35. The Bertz CT molecular complexity index is 383. The Labute approximate surface area is 134 Å². The van der Waals surface area contributed by atoms with Crippen LogP contribution in [0.25, 0.3) is 0 Å². The normalized spacial score (nSPS) is 27.4. The number of carbonyl (C=O) groups is 2. The van der Waals surface area contributed by atoms with Crippen molar-refractivity contribution < 1.29 is 9.59 Å².